The van der Waals surface area contributed by atoms with Gasteiger partial charge in [0, 0.05) is 31.0 Å². The normalized spacial score (nSPS) is 11.2. The lowest BCUT2D eigenvalue weighted by molar-refractivity contribution is -0.118. The largest absolute Gasteiger partial charge is 0.493 e. The first-order valence-corrected chi connectivity index (χ1v) is 8.92. The molecule has 0 spiro atoms. The van der Waals surface area contributed by atoms with Crippen LogP contribution in [0.5, 0.6) is 5.75 Å². The molecule has 2 amide bonds. The van der Waals surface area contributed by atoms with Gasteiger partial charge in [0.1, 0.15) is 11.3 Å². The minimum atomic E-state index is -1.22. The van der Waals surface area contributed by atoms with E-state index in [2.05, 4.69) is 10.6 Å². The number of benzene rings is 1. The number of nitrogens with zero attached hydrogens (tertiary/aromatic N) is 1. The number of methoxy groups -OCH3 is 1. The molecule has 1 aromatic carbocycles. The van der Waals surface area contributed by atoms with Gasteiger partial charge >= 0.3 is 0 Å². The molecule has 0 radical (unpaired) electrons. The standard InChI is InChI=1S/C20H23F2N3O5/c1-10-14(18(27)24-11-6-7-12(21)13(22)8-11)17(30-5)15(25(10)4)16(26)19(28)23-9-20(2,3)29/h6-8,29H,9H2,1-5H3,(H,23,28)(H,24,27). The maximum Gasteiger partial charge on any atom is 0.294 e. The van der Waals surface area contributed by atoms with Gasteiger partial charge in [-0.05, 0) is 32.9 Å². The molecule has 3 N–H and O–H groups in total. The second-order valence-corrected chi connectivity index (χ2v) is 7.31. The van der Waals surface area contributed by atoms with Crippen molar-refractivity contribution in [1.29, 1.82) is 0 Å². The third kappa shape index (κ3) is 4.82. The summed E-state index contributed by atoms with van der Waals surface area (Å²) in [5.41, 5.74) is -1.12. The molecule has 0 aliphatic heterocycles. The van der Waals surface area contributed by atoms with Crippen LogP contribution in [0.4, 0.5) is 14.5 Å². The Hall–Kier alpha value is -3.27. The van der Waals surface area contributed by atoms with Crippen LogP contribution < -0.4 is 15.4 Å². The Labute approximate surface area is 171 Å². The number of amides is 2. The molecule has 10 heteroatoms. The van der Waals surface area contributed by atoms with E-state index in [9.17, 15) is 28.3 Å². The van der Waals surface area contributed by atoms with Gasteiger partial charge in [-0.3, -0.25) is 14.4 Å². The van der Waals surface area contributed by atoms with Crippen LogP contribution in [0, 0.1) is 18.6 Å². The molecule has 2 aromatic rings. The van der Waals surface area contributed by atoms with Gasteiger partial charge in [-0.2, -0.15) is 0 Å². The number of nitrogens with one attached hydrogen (secondary N) is 2. The number of hydrogen-bond donors (Lipinski definition) is 3. The minimum Gasteiger partial charge on any atom is -0.493 e. The topological polar surface area (TPSA) is 110 Å². The van der Waals surface area contributed by atoms with Crippen LogP contribution in [0.15, 0.2) is 18.2 Å². The van der Waals surface area contributed by atoms with Crippen molar-refractivity contribution in [2.75, 3.05) is 19.0 Å². The molecule has 1 aromatic heterocycles. The van der Waals surface area contributed by atoms with E-state index in [-0.39, 0.29) is 29.2 Å². The predicted octanol–water partition coefficient (Wildman–Crippen LogP) is 1.94. The highest BCUT2D eigenvalue weighted by molar-refractivity contribution is 6.43. The Balaban J connectivity index is 2.38. The van der Waals surface area contributed by atoms with Crippen molar-refractivity contribution in [2.24, 2.45) is 7.05 Å². The number of ketones is 1. The zero-order valence-electron chi connectivity index (χ0n) is 17.2. The summed E-state index contributed by atoms with van der Waals surface area (Å²) in [6.07, 6.45) is 0. The zero-order chi connectivity index (χ0) is 22.8. The highest BCUT2D eigenvalue weighted by Gasteiger charge is 2.32. The Morgan fingerprint density at radius 3 is 2.37 bits per heavy atom. The molecule has 0 bridgehead atoms. The highest BCUT2D eigenvalue weighted by atomic mass is 19.2. The fourth-order valence-electron chi connectivity index (χ4n) is 2.74. The number of anilines is 1. The molecule has 2 rings (SSSR count). The van der Waals surface area contributed by atoms with Crippen LogP contribution in [0.3, 0.4) is 0 Å². The average molecular weight is 423 g/mol. The summed E-state index contributed by atoms with van der Waals surface area (Å²) in [4.78, 5) is 37.7. The molecule has 1 heterocycles. The van der Waals surface area contributed by atoms with Crippen LogP contribution in [0.25, 0.3) is 0 Å². The molecule has 0 atom stereocenters. The van der Waals surface area contributed by atoms with E-state index < -0.39 is 34.8 Å². The van der Waals surface area contributed by atoms with Crippen molar-refractivity contribution >= 4 is 23.3 Å². The first-order chi connectivity index (χ1) is 13.9. The van der Waals surface area contributed by atoms with E-state index in [0.29, 0.717) is 5.69 Å². The van der Waals surface area contributed by atoms with Crippen molar-refractivity contribution in [2.45, 2.75) is 26.4 Å². The fraction of sp³-hybridized carbons (Fsp3) is 0.350. The van der Waals surface area contributed by atoms with Crippen molar-refractivity contribution < 1.29 is 33.0 Å². The highest BCUT2D eigenvalue weighted by Crippen LogP contribution is 2.31. The lowest BCUT2D eigenvalue weighted by atomic mass is 10.1. The number of ether oxygens (including phenoxy) is 1. The summed E-state index contributed by atoms with van der Waals surface area (Å²) in [5.74, 6) is -5.02. The van der Waals surface area contributed by atoms with Gasteiger partial charge in [-0.1, -0.05) is 0 Å². The predicted molar refractivity (Wildman–Crippen MR) is 105 cm³/mol. The first kappa shape index (κ1) is 23.0. The van der Waals surface area contributed by atoms with Gasteiger partial charge in [0.25, 0.3) is 17.6 Å². The monoisotopic (exact) mass is 423 g/mol. The minimum absolute atomic E-state index is 0.00000269. The summed E-state index contributed by atoms with van der Waals surface area (Å²) < 4.78 is 33.1. The maximum absolute atomic E-state index is 13.4. The summed E-state index contributed by atoms with van der Waals surface area (Å²) in [5, 5.41) is 14.4. The van der Waals surface area contributed by atoms with E-state index in [1.54, 1.807) is 0 Å². The number of carbonyl (C=O) groups is 3. The SMILES string of the molecule is COc1c(C(=O)Nc2ccc(F)c(F)c2)c(C)n(C)c1C(=O)C(=O)NCC(C)(C)O. The van der Waals surface area contributed by atoms with Crippen molar-refractivity contribution in [3.8, 4) is 5.75 Å². The number of carbonyl (C=O) groups excluding carboxylic acids is 3. The van der Waals surface area contributed by atoms with Crippen LogP contribution in [0.2, 0.25) is 0 Å². The van der Waals surface area contributed by atoms with Crippen LogP contribution in [0.1, 0.15) is 40.4 Å². The van der Waals surface area contributed by atoms with E-state index in [4.69, 9.17) is 4.74 Å². The Morgan fingerprint density at radius 1 is 1.20 bits per heavy atom. The van der Waals surface area contributed by atoms with Crippen molar-refractivity contribution in [1.82, 2.24) is 9.88 Å². The Morgan fingerprint density at radius 2 is 1.83 bits per heavy atom. The fourth-order valence-corrected chi connectivity index (χ4v) is 2.74. The molecule has 30 heavy (non-hydrogen) atoms. The van der Waals surface area contributed by atoms with Crippen LogP contribution in [-0.2, 0) is 11.8 Å². The number of aromatic nitrogens is 1. The van der Waals surface area contributed by atoms with Gasteiger partial charge in [0.15, 0.2) is 17.4 Å². The third-order valence-corrected chi connectivity index (χ3v) is 4.35. The van der Waals surface area contributed by atoms with E-state index in [0.717, 1.165) is 12.1 Å². The van der Waals surface area contributed by atoms with E-state index in [1.807, 2.05) is 0 Å². The second kappa shape index (κ2) is 8.62. The Bertz CT molecular complexity index is 1010. The zero-order valence-corrected chi connectivity index (χ0v) is 17.2. The van der Waals surface area contributed by atoms with Crippen molar-refractivity contribution in [3.05, 3.63) is 46.8 Å². The lowest BCUT2D eigenvalue weighted by Gasteiger charge is -2.17. The van der Waals surface area contributed by atoms with Gasteiger partial charge in [-0.15, -0.1) is 0 Å². The number of hydrogen-bond acceptors (Lipinski definition) is 5. The van der Waals surface area contributed by atoms with E-state index >= 15 is 0 Å². The first-order valence-electron chi connectivity index (χ1n) is 8.92. The maximum atomic E-state index is 13.4. The van der Waals surface area contributed by atoms with Crippen molar-refractivity contribution in [3.63, 3.8) is 0 Å². The summed E-state index contributed by atoms with van der Waals surface area (Å²) in [6.45, 7) is 4.30. The average Bonchev–Trinajstić information content (AvgIpc) is 2.92. The number of halogens is 2. The number of rotatable bonds is 7. The molecule has 0 aliphatic carbocycles. The molecule has 162 valence electrons. The molecular formula is C20H23F2N3O5. The van der Waals surface area contributed by atoms with Crippen LogP contribution >= 0.6 is 0 Å². The number of Topliss-reactive ketones (excluding diaryl/α,β-unsaturated/α-hetero) is 1. The second-order valence-electron chi connectivity index (χ2n) is 7.31. The van der Waals surface area contributed by atoms with Gasteiger partial charge < -0.3 is 25.0 Å². The molecule has 0 fully saturated rings. The number of aliphatic hydroxyl groups is 1. The summed E-state index contributed by atoms with van der Waals surface area (Å²) >= 11 is 0. The van der Waals surface area contributed by atoms with Gasteiger partial charge in [0.2, 0.25) is 0 Å². The molecule has 0 saturated heterocycles. The molecule has 0 saturated carbocycles. The van der Waals surface area contributed by atoms with Gasteiger partial charge in [-0.25, -0.2) is 8.78 Å². The summed E-state index contributed by atoms with van der Waals surface area (Å²) in [6, 6.07) is 2.85. The van der Waals surface area contributed by atoms with E-state index in [1.165, 1.54) is 45.6 Å². The molecule has 0 aliphatic rings. The molecular weight excluding hydrogens is 400 g/mol. The molecule has 8 nitrogen and oxygen atoms in total. The third-order valence-electron chi connectivity index (χ3n) is 4.35. The smallest absolute Gasteiger partial charge is 0.294 e. The molecule has 0 unspecified atom stereocenters. The van der Waals surface area contributed by atoms with Crippen LogP contribution in [-0.4, -0.2) is 46.5 Å². The van der Waals surface area contributed by atoms with Gasteiger partial charge in [0.05, 0.1) is 12.7 Å². The Kier molecular flexibility index (Phi) is 6.61. The summed E-state index contributed by atoms with van der Waals surface area (Å²) in [7, 11) is 2.71. The quantitative estimate of drug-likeness (QED) is 0.466. The lowest BCUT2D eigenvalue weighted by Crippen LogP contribution is -2.41.